The van der Waals surface area contributed by atoms with Gasteiger partial charge >= 0.3 is 5.97 Å². The number of carbonyl (C=O) groups is 1. The van der Waals surface area contributed by atoms with E-state index >= 15 is 0 Å². The van der Waals surface area contributed by atoms with Crippen molar-refractivity contribution >= 4 is 5.97 Å². The van der Waals surface area contributed by atoms with Gasteiger partial charge < -0.3 is 10.2 Å². The zero-order chi connectivity index (χ0) is 20.6. The SMILES string of the molecule is CC(C)(C)n1cc(CN(CCCO)Cc2cn(CCCCC(=O)O)nn2)nn1. The van der Waals surface area contributed by atoms with Gasteiger partial charge in [-0.25, -0.2) is 4.68 Å². The van der Waals surface area contributed by atoms with Crippen LogP contribution in [0.3, 0.4) is 0 Å². The number of aliphatic carboxylic acids is 1. The third kappa shape index (κ3) is 7.35. The zero-order valence-electron chi connectivity index (χ0n) is 17.0. The fraction of sp³-hybridized carbons (Fsp3) is 0.722. The Balaban J connectivity index is 1.92. The Morgan fingerprint density at radius 2 is 1.75 bits per heavy atom. The summed E-state index contributed by atoms with van der Waals surface area (Å²) >= 11 is 0. The van der Waals surface area contributed by atoms with Gasteiger partial charge in [-0.15, -0.1) is 10.2 Å². The molecule has 0 unspecified atom stereocenters. The highest BCUT2D eigenvalue weighted by Gasteiger charge is 2.17. The first kappa shape index (κ1) is 22.0. The predicted octanol–water partition coefficient (Wildman–Crippen LogP) is 1.26. The third-order valence-corrected chi connectivity index (χ3v) is 4.25. The maximum atomic E-state index is 10.6. The van der Waals surface area contributed by atoms with Crippen molar-refractivity contribution in [2.75, 3.05) is 13.2 Å². The second kappa shape index (κ2) is 10.3. The highest BCUT2D eigenvalue weighted by Crippen LogP contribution is 2.14. The minimum atomic E-state index is -0.776. The first-order valence-electron chi connectivity index (χ1n) is 9.63. The Labute approximate surface area is 165 Å². The van der Waals surface area contributed by atoms with E-state index in [9.17, 15) is 9.90 Å². The van der Waals surface area contributed by atoms with Gasteiger partial charge in [-0.3, -0.25) is 14.4 Å². The van der Waals surface area contributed by atoms with Gasteiger partial charge in [-0.05, 0) is 40.0 Å². The van der Waals surface area contributed by atoms with Crippen LogP contribution in [-0.2, 0) is 30.0 Å². The number of aliphatic hydroxyl groups excluding tert-OH is 1. The smallest absolute Gasteiger partial charge is 0.303 e. The molecule has 28 heavy (non-hydrogen) atoms. The molecular formula is C18H31N7O3. The molecule has 0 aliphatic carbocycles. The number of carboxylic acids is 1. The van der Waals surface area contributed by atoms with Crippen LogP contribution in [0, 0.1) is 0 Å². The molecule has 2 N–H and O–H groups in total. The number of hydrogen-bond donors (Lipinski definition) is 2. The summed E-state index contributed by atoms with van der Waals surface area (Å²) < 4.78 is 3.59. The molecule has 0 saturated carbocycles. The molecule has 0 aliphatic rings. The Hall–Kier alpha value is -2.33. The van der Waals surface area contributed by atoms with Crippen molar-refractivity contribution in [3.8, 4) is 0 Å². The first-order valence-corrected chi connectivity index (χ1v) is 9.63. The van der Waals surface area contributed by atoms with Gasteiger partial charge in [0.2, 0.25) is 0 Å². The molecule has 0 aromatic carbocycles. The predicted molar refractivity (Wildman–Crippen MR) is 102 cm³/mol. The van der Waals surface area contributed by atoms with Crippen LogP contribution >= 0.6 is 0 Å². The van der Waals surface area contributed by atoms with E-state index in [0.29, 0.717) is 39.0 Å². The molecule has 2 heterocycles. The van der Waals surface area contributed by atoms with Crippen molar-refractivity contribution < 1.29 is 15.0 Å². The molecule has 10 heteroatoms. The number of unbranched alkanes of at least 4 members (excludes halogenated alkanes) is 1. The van der Waals surface area contributed by atoms with E-state index in [1.807, 2.05) is 17.1 Å². The summed E-state index contributed by atoms with van der Waals surface area (Å²) in [6, 6.07) is 0. The maximum absolute atomic E-state index is 10.6. The van der Waals surface area contributed by atoms with Crippen LogP contribution in [0.15, 0.2) is 12.4 Å². The van der Waals surface area contributed by atoms with Gasteiger partial charge in [0.1, 0.15) is 0 Å². The van der Waals surface area contributed by atoms with Crippen molar-refractivity contribution in [2.45, 2.75) is 71.6 Å². The molecule has 0 aliphatic heterocycles. The lowest BCUT2D eigenvalue weighted by molar-refractivity contribution is -0.137. The van der Waals surface area contributed by atoms with E-state index in [4.69, 9.17) is 5.11 Å². The maximum Gasteiger partial charge on any atom is 0.303 e. The Morgan fingerprint density at radius 1 is 1.07 bits per heavy atom. The van der Waals surface area contributed by atoms with Crippen molar-refractivity contribution in [1.82, 2.24) is 34.9 Å². The molecule has 2 aromatic heterocycles. The number of aromatic nitrogens is 6. The Bertz CT molecular complexity index is 736. The molecule has 0 bridgehead atoms. The summed E-state index contributed by atoms with van der Waals surface area (Å²) in [5, 5.41) is 34.7. The summed E-state index contributed by atoms with van der Waals surface area (Å²) in [6.07, 6.45) is 6.04. The zero-order valence-corrected chi connectivity index (χ0v) is 17.0. The summed E-state index contributed by atoms with van der Waals surface area (Å²) in [6.45, 7) is 8.92. The van der Waals surface area contributed by atoms with Gasteiger partial charge in [0.05, 0.1) is 23.1 Å². The minimum absolute atomic E-state index is 0.121. The van der Waals surface area contributed by atoms with Crippen LogP contribution in [0.25, 0.3) is 0 Å². The minimum Gasteiger partial charge on any atom is -0.481 e. The molecule has 0 fully saturated rings. The van der Waals surface area contributed by atoms with Crippen molar-refractivity contribution in [3.63, 3.8) is 0 Å². The number of hydrogen-bond acceptors (Lipinski definition) is 7. The summed E-state index contributed by atoms with van der Waals surface area (Å²) in [5.41, 5.74) is 1.58. The molecular weight excluding hydrogens is 362 g/mol. The molecule has 0 amide bonds. The average molecular weight is 393 g/mol. The second-order valence-corrected chi connectivity index (χ2v) is 7.94. The largest absolute Gasteiger partial charge is 0.481 e. The fourth-order valence-electron chi connectivity index (χ4n) is 2.74. The van der Waals surface area contributed by atoms with Gasteiger partial charge in [0.25, 0.3) is 0 Å². The summed E-state index contributed by atoms with van der Waals surface area (Å²) in [7, 11) is 0. The average Bonchev–Trinajstić information content (AvgIpc) is 3.26. The van der Waals surface area contributed by atoms with Gasteiger partial charge in [-0.2, -0.15) is 0 Å². The second-order valence-electron chi connectivity index (χ2n) is 7.94. The number of aliphatic hydroxyl groups is 1. The van der Waals surface area contributed by atoms with E-state index in [-0.39, 0.29) is 18.6 Å². The molecule has 2 rings (SSSR count). The first-order chi connectivity index (χ1) is 13.3. The van der Waals surface area contributed by atoms with E-state index in [1.54, 1.807) is 4.68 Å². The standard InChI is InChI=1S/C18H31N7O3/c1-18(2,3)25-14-16(20-22-25)12-23(8-6-10-26)11-15-13-24(21-19-15)9-5-4-7-17(27)28/h13-14,26H,4-12H2,1-3H3,(H,27,28). The van der Waals surface area contributed by atoms with Gasteiger partial charge in [0.15, 0.2) is 0 Å². The van der Waals surface area contributed by atoms with Crippen LogP contribution in [0.5, 0.6) is 0 Å². The topological polar surface area (TPSA) is 122 Å². The normalized spacial score (nSPS) is 12.0. The van der Waals surface area contributed by atoms with Crippen LogP contribution in [-0.4, -0.2) is 64.2 Å². The molecule has 0 atom stereocenters. The lowest BCUT2D eigenvalue weighted by atomic mass is 10.1. The van der Waals surface area contributed by atoms with E-state index in [1.165, 1.54) is 0 Å². The van der Waals surface area contributed by atoms with Crippen LogP contribution in [0.4, 0.5) is 0 Å². The van der Waals surface area contributed by atoms with Gasteiger partial charge in [-0.1, -0.05) is 10.4 Å². The molecule has 0 radical (unpaired) electrons. The monoisotopic (exact) mass is 393 g/mol. The highest BCUT2D eigenvalue weighted by atomic mass is 16.4. The molecule has 10 nitrogen and oxygen atoms in total. The number of rotatable bonds is 12. The van der Waals surface area contributed by atoms with E-state index in [2.05, 4.69) is 46.3 Å². The van der Waals surface area contributed by atoms with Crippen LogP contribution < -0.4 is 0 Å². The number of nitrogens with zero attached hydrogens (tertiary/aromatic N) is 7. The fourth-order valence-corrected chi connectivity index (χ4v) is 2.74. The Kier molecular flexibility index (Phi) is 8.06. The quantitative estimate of drug-likeness (QED) is 0.517. The summed E-state index contributed by atoms with van der Waals surface area (Å²) in [5.74, 6) is -0.776. The molecule has 0 saturated heterocycles. The van der Waals surface area contributed by atoms with E-state index in [0.717, 1.165) is 17.8 Å². The number of aryl methyl sites for hydroxylation is 1. The molecule has 2 aromatic rings. The van der Waals surface area contributed by atoms with Crippen LogP contribution in [0.1, 0.15) is 57.8 Å². The number of carboxylic acid groups (broad SMARTS) is 1. The lowest BCUT2D eigenvalue weighted by Gasteiger charge is -2.20. The van der Waals surface area contributed by atoms with Crippen molar-refractivity contribution in [2.24, 2.45) is 0 Å². The Morgan fingerprint density at radius 3 is 2.36 bits per heavy atom. The molecule has 0 spiro atoms. The van der Waals surface area contributed by atoms with Crippen molar-refractivity contribution in [1.29, 1.82) is 0 Å². The highest BCUT2D eigenvalue weighted by molar-refractivity contribution is 5.66. The third-order valence-electron chi connectivity index (χ3n) is 4.25. The molecule has 156 valence electrons. The van der Waals surface area contributed by atoms with Crippen LogP contribution in [0.2, 0.25) is 0 Å². The lowest BCUT2D eigenvalue weighted by Crippen LogP contribution is -2.25. The summed E-state index contributed by atoms with van der Waals surface area (Å²) in [4.78, 5) is 12.7. The van der Waals surface area contributed by atoms with Crippen molar-refractivity contribution in [3.05, 3.63) is 23.8 Å². The van der Waals surface area contributed by atoms with E-state index < -0.39 is 5.97 Å². The van der Waals surface area contributed by atoms with Gasteiger partial charge in [0, 0.05) is 45.4 Å².